The van der Waals surface area contributed by atoms with Gasteiger partial charge in [-0.1, -0.05) is 41.4 Å². The Bertz CT molecular complexity index is 1160. The lowest BCUT2D eigenvalue weighted by atomic mass is 10.1. The van der Waals surface area contributed by atoms with Crippen molar-refractivity contribution in [2.75, 3.05) is 0 Å². The second kappa shape index (κ2) is 7.84. The quantitative estimate of drug-likeness (QED) is 0.469. The van der Waals surface area contributed by atoms with Gasteiger partial charge in [0.25, 0.3) is 5.91 Å². The van der Waals surface area contributed by atoms with Gasteiger partial charge in [-0.15, -0.1) is 0 Å². The third-order valence-corrected chi connectivity index (χ3v) is 5.53. The zero-order valence-corrected chi connectivity index (χ0v) is 17.8. The molecule has 30 heavy (non-hydrogen) atoms. The van der Waals surface area contributed by atoms with Crippen molar-refractivity contribution in [1.82, 2.24) is 14.8 Å². The van der Waals surface area contributed by atoms with Crippen LogP contribution in [0.4, 0.5) is 4.79 Å². The Hall–Kier alpha value is -3.31. The van der Waals surface area contributed by atoms with Gasteiger partial charge in [0, 0.05) is 22.1 Å². The van der Waals surface area contributed by atoms with Gasteiger partial charge < -0.3 is 9.88 Å². The average molecular weight is 420 g/mol. The molecular weight excluding hydrogens is 398 g/mol. The fourth-order valence-corrected chi connectivity index (χ4v) is 3.79. The van der Waals surface area contributed by atoms with Crippen LogP contribution in [0.25, 0.3) is 11.8 Å². The van der Waals surface area contributed by atoms with Crippen LogP contribution >= 0.6 is 11.6 Å². The third kappa shape index (κ3) is 3.76. The first kappa shape index (κ1) is 20.0. The average Bonchev–Trinajstić information content (AvgIpc) is 3.14. The van der Waals surface area contributed by atoms with Gasteiger partial charge in [-0.3, -0.25) is 9.69 Å². The van der Waals surface area contributed by atoms with E-state index in [1.165, 1.54) is 4.90 Å². The first-order chi connectivity index (χ1) is 14.3. The number of aryl methyl sites for hydroxylation is 2. The largest absolute Gasteiger partial charge is 0.329 e. The highest BCUT2D eigenvalue weighted by molar-refractivity contribution is 6.30. The first-order valence-electron chi connectivity index (χ1n) is 9.68. The number of carbonyl (C=O) groups excluding carboxylic acids is 2. The molecule has 1 saturated heterocycles. The van der Waals surface area contributed by atoms with Crippen molar-refractivity contribution in [3.05, 3.63) is 93.4 Å². The van der Waals surface area contributed by atoms with Gasteiger partial charge in [0.15, 0.2) is 0 Å². The molecule has 0 saturated carbocycles. The summed E-state index contributed by atoms with van der Waals surface area (Å²) in [7, 11) is 0. The Morgan fingerprint density at radius 2 is 1.63 bits per heavy atom. The molecule has 0 aliphatic carbocycles. The van der Waals surface area contributed by atoms with Crippen LogP contribution in [-0.4, -0.2) is 21.4 Å². The number of hydrogen-bond donors (Lipinski definition) is 1. The summed E-state index contributed by atoms with van der Waals surface area (Å²) in [5.41, 5.74) is 6.18. The second-order valence-electron chi connectivity index (χ2n) is 7.50. The van der Waals surface area contributed by atoms with E-state index in [4.69, 9.17) is 11.6 Å². The van der Waals surface area contributed by atoms with Crippen molar-refractivity contribution in [3.8, 4) is 5.69 Å². The molecule has 1 fully saturated rings. The van der Waals surface area contributed by atoms with E-state index in [1.807, 2.05) is 75.4 Å². The highest BCUT2D eigenvalue weighted by atomic mass is 35.5. The number of nitrogens with zero attached hydrogens (tertiary/aromatic N) is 2. The molecule has 0 atom stereocenters. The lowest BCUT2D eigenvalue weighted by Crippen LogP contribution is -2.30. The summed E-state index contributed by atoms with van der Waals surface area (Å²) in [6, 6.07) is 17.0. The zero-order valence-electron chi connectivity index (χ0n) is 17.1. The minimum atomic E-state index is -0.404. The van der Waals surface area contributed by atoms with E-state index in [-0.39, 0.29) is 18.1 Å². The molecule has 152 valence electrons. The second-order valence-corrected chi connectivity index (χ2v) is 7.94. The van der Waals surface area contributed by atoms with Crippen molar-refractivity contribution in [2.24, 2.45) is 0 Å². The number of hydrogen-bond acceptors (Lipinski definition) is 2. The van der Waals surface area contributed by atoms with Gasteiger partial charge in [-0.25, -0.2) is 4.79 Å². The summed E-state index contributed by atoms with van der Waals surface area (Å²) in [6.07, 6.45) is 1.74. The van der Waals surface area contributed by atoms with Gasteiger partial charge >= 0.3 is 6.03 Å². The van der Waals surface area contributed by atoms with Crippen molar-refractivity contribution >= 4 is 29.6 Å². The molecule has 0 bridgehead atoms. The van der Waals surface area contributed by atoms with Gasteiger partial charge in [0.2, 0.25) is 0 Å². The maximum atomic E-state index is 12.9. The van der Waals surface area contributed by atoms with E-state index in [9.17, 15) is 9.59 Å². The number of urea groups is 1. The molecule has 2 heterocycles. The molecule has 1 aliphatic heterocycles. The molecule has 3 amide bonds. The fraction of sp³-hybridized carbons (Fsp3) is 0.167. The first-order valence-corrected chi connectivity index (χ1v) is 10.1. The molecule has 5 nitrogen and oxygen atoms in total. The molecule has 1 aromatic heterocycles. The Labute approximate surface area is 180 Å². The van der Waals surface area contributed by atoms with Crippen molar-refractivity contribution in [1.29, 1.82) is 0 Å². The minimum absolute atomic E-state index is 0.242. The smallest absolute Gasteiger partial charge is 0.318 e. The Morgan fingerprint density at radius 1 is 0.967 bits per heavy atom. The number of aromatic nitrogens is 1. The normalized spacial score (nSPS) is 15.2. The van der Waals surface area contributed by atoms with E-state index in [1.54, 1.807) is 6.08 Å². The van der Waals surface area contributed by atoms with Crippen molar-refractivity contribution in [2.45, 2.75) is 27.3 Å². The lowest BCUT2D eigenvalue weighted by Gasteiger charge is -2.11. The lowest BCUT2D eigenvalue weighted by molar-refractivity contribution is -0.123. The molecule has 0 unspecified atom stereocenters. The van der Waals surface area contributed by atoms with Crippen LogP contribution in [0.15, 0.2) is 60.3 Å². The predicted octanol–water partition coefficient (Wildman–Crippen LogP) is 5.15. The van der Waals surface area contributed by atoms with E-state index in [0.29, 0.717) is 5.02 Å². The molecule has 0 radical (unpaired) electrons. The number of halogens is 1. The summed E-state index contributed by atoms with van der Waals surface area (Å²) >= 11 is 6.01. The van der Waals surface area contributed by atoms with Gasteiger partial charge in [-0.2, -0.15) is 0 Å². The number of nitrogens with one attached hydrogen (secondary N) is 1. The van der Waals surface area contributed by atoms with Crippen LogP contribution in [0.5, 0.6) is 0 Å². The topological polar surface area (TPSA) is 54.3 Å². The number of benzene rings is 2. The Morgan fingerprint density at radius 3 is 2.30 bits per heavy atom. The zero-order chi connectivity index (χ0) is 21.4. The molecule has 4 rings (SSSR count). The van der Waals surface area contributed by atoms with Gasteiger partial charge in [-0.05, 0) is 68.3 Å². The summed E-state index contributed by atoms with van der Waals surface area (Å²) in [5, 5.41) is 3.39. The molecule has 2 aromatic carbocycles. The molecule has 6 heteroatoms. The monoisotopic (exact) mass is 419 g/mol. The maximum absolute atomic E-state index is 12.9. The molecular formula is C24H22ClN3O2. The van der Waals surface area contributed by atoms with Crippen LogP contribution in [0, 0.1) is 20.8 Å². The van der Waals surface area contributed by atoms with Crippen molar-refractivity contribution in [3.63, 3.8) is 0 Å². The Kier molecular flexibility index (Phi) is 5.22. The molecule has 1 aliphatic rings. The van der Waals surface area contributed by atoms with Crippen LogP contribution in [-0.2, 0) is 11.3 Å². The fourth-order valence-electron chi connectivity index (χ4n) is 3.67. The number of carbonyl (C=O) groups is 2. The van der Waals surface area contributed by atoms with E-state index >= 15 is 0 Å². The molecule has 3 aromatic rings. The third-order valence-electron chi connectivity index (χ3n) is 5.28. The maximum Gasteiger partial charge on any atom is 0.329 e. The SMILES string of the molecule is Cc1ccc(CN2C(=O)N/C(=C\c3cc(C)n(-c4ccc(Cl)cc4)c3C)C2=O)cc1. The van der Waals surface area contributed by atoms with E-state index in [2.05, 4.69) is 9.88 Å². The molecule has 0 spiro atoms. The highest BCUT2D eigenvalue weighted by Crippen LogP contribution is 2.25. The number of amides is 3. The summed E-state index contributed by atoms with van der Waals surface area (Å²) in [4.78, 5) is 26.5. The summed E-state index contributed by atoms with van der Waals surface area (Å²) in [6.45, 7) is 6.23. The number of rotatable bonds is 4. The summed E-state index contributed by atoms with van der Waals surface area (Å²) in [5.74, 6) is -0.322. The highest BCUT2D eigenvalue weighted by Gasteiger charge is 2.33. The summed E-state index contributed by atoms with van der Waals surface area (Å²) < 4.78 is 2.09. The van der Waals surface area contributed by atoms with E-state index < -0.39 is 6.03 Å². The van der Waals surface area contributed by atoms with Gasteiger partial charge in [0.1, 0.15) is 5.70 Å². The number of imide groups is 1. The standard InChI is InChI=1S/C24H22ClN3O2/c1-15-4-6-18(7-5-15)14-27-23(29)22(26-24(27)30)13-19-12-16(2)28(17(19)3)21-10-8-20(25)9-11-21/h4-13H,14H2,1-3H3,(H,26,30)/b22-13-. The van der Waals surface area contributed by atoms with Crippen LogP contribution in [0.1, 0.15) is 28.1 Å². The Balaban J connectivity index is 1.61. The van der Waals surface area contributed by atoms with Crippen molar-refractivity contribution < 1.29 is 9.59 Å². The van der Waals surface area contributed by atoms with E-state index in [0.717, 1.165) is 33.8 Å². The predicted molar refractivity (Wildman–Crippen MR) is 118 cm³/mol. The van der Waals surface area contributed by atoms with Crippen LogP contribution < -0.4 is 5.32 Å². The van der Waals surface area contributed by atoms with Crippen LogP contribution in [0.2, 0.25) is 5.02 Å². The van der Waals surface area contributed by atoms with Gasteiger partial charge in [0.05, 0.1) is 6.54 Å². The molecule has 1 N–H and O–H groups in total. The van der Waals surface area contributed by atoms with Crippen LogP contribution in [0.3, 0.4) is 0 Å². The minimum Gasteiger partial charge on any atom is -0.318 e.